The number of carbonyl (C=O) groups is 1. The van der Waals surface area contributed by atoms with Crippen LogP contribution in [0.1, 0.15) is 41.8 Å². The molecule has 4 rings (SSSR count). The number of rotatable bonds is 7. The topological polar surface area (TPSA) is 46.9 Å². The van der Waals surface area contributed by atoms with Gasteiger partial charge in [0.05, 0.1) is 17.9 Å². The number of nitrogens with zero attached hydrogens (tertiary/aromatic N) is 2. The minimum Gasteiger partial charge on any atom is -0.350 e. The van der Waals surface area contributed by atoms with Crippen LogP contribution >= 0.6 is 0 Å². The second kappa shape index (κ2) is 8.21. The Labute approximate surface area is 160 Å². The quantitative estimate of drug-likeness (QED) is 0.693. The van der Waals surface area contributed by atoms with Crippen LogP contribution in [-0.4, -0.2) is 15.7 Å². The smallest absolute Gasteiger partial charge is 0.220 e. The lowest BCUT2D eigenvalue weighted by molar-refractivity contribution is -0.121. The molecule has 0 fully saturated rings. The number of aromatic nitrogens is 2. The van der Waals surface area contributed by atoms with Gasteiger partial charge in [-0.3, -0.25) is 4.79 Å². The molecule has 2 aromatic carbocycles. The molecule has 3 aromatic rings. The Morgan fingerprint density at radius 3 is 2.52 bits per heavy atom. The number of hydrogen-bond donors (Lipinski definition) is 1. The van der Waals surface area contributed by atoms with Gasteiger partial charge in [-0.15, -0.1) is 0 Å². The van der Waals surface area contributed by atoms with Crippen molar-refractivity contribution in [3.8, 4) is 5.69 Å². The van der Waals surface area contributed by atoms with Crippen molar-refractivity contribution >= 4 is 5.91 Å². The lowest BCUT2D eigenvalue weighted by Gasteiger charge is -2.06. The van der Waals surface area contributed by atoms with Crippen molar-refractivity contribution in [1.29, 1.82) is 0 Å². The van der Waals surface area contributed by atoms with Crippen LogP contribution in [0.3, 0.4) is 0 Å². The maximum Gasteiger partial charge on any atom is 0.220 e. The zero-order valence-electron chi connectivity index (χ0n) is 15.5. The first kappa shape index (κ1) is 17.5. The molecule has 0 aliphatic heterocycles. The van der Waals surface area contributed by atoms with Crippen molar-refractivity contribution in [3.63, 3.8) is 0 Å². The van der Waals surface area contributed by atoms with E-state index in [9.17, 15) is 4.79 Å². The number of hydrogen-bond acceptors (Lipinski definition) is 2. The second-order valence-electron chi connectivity index (χ2n) is 7.09. The zero-order chi connectivity index (χ0) is 18.5. The molecule has 0 saturated heterocycles. The molecule has 0 spiro atoms. The lowest BCUT2D eigenvalue weighted by atomic mass is 10.1. The summed E-state index contributed by atoms with van der Waals surface area (Å²) in [5.74, 6) is 0.104. The van der Waals surface area contributed by atoms with Gasteiger partial charge in [0.1, 0.15) is 0 Å². The van der Waals surface area contributed by atoms with Gasteiger partial charge in [0, 0.05) is 12.1 Å². The first-order chi connectivity index (χ1) is 13.3. The Morgan fingerprint density at radius 2 is 1.74 bits per heavy atom. The molecule has 1 amide bonds. The van der Waals surface area contributed by atoms with Crippen molar-refractivity contribution in [2.45, 2.75) is 45.1 Å². The molecular formula is C23H25N3O. The van der Waals surface area contributed by atoms with E-state index in [2.05, 4.69) is 34.3 Å². The zero-order valence-corrected chi connectivity index (χ0v) is 15.5. The number of amides is 1. The van der Waals surface area contributed by atoms with Gasteiger partial charge < -0.3 is 5.32 Å². The maximum atomic E-state index is 12.2. The third-order valence-electron chi connectivity index (χ3n) is 5.18. The molecule has 0 atom stereocenters. The predicted octanol–water partition coefficient (Wildman–Crippen LogP) is 4.00. The summed E-state index contributed by atoms with van der Waals surface area (Å²) in [6, 6.07) is 20.6. The summed E-state index contributed by atoms with van der Waals surface area (Å²) in [5, 5.41) is 7.87. The maximum absolute atomic E-state index is 12.2. The van der Waals surface area contributed by atoms with Crippen LogP contribution in [0.2, 0.25) is 0 Å². The molecule has 1 aromatic heterocycles. The summed E-state index contributed by atoms with van der Waals surface area (Å²) in [7, 11) is 0. The summed E-state index contributed by atoms with van der Waals surface area (Å²) in [6.07, 6.45) is 5.64. The van der Waals surface area contributed by atoms with E-state index in [1.54, 1.807) is 0 Å². The Hall–Kier alpha value is -2.88. The normalized spacial score (nSPS) is 12.7. The SMILES string of the molecule is O=C(CCCc1ccccc1)NCc1nn(-c2ccccc2)c2c1CCC2. The Bertz CT molecular complexity index is 900. The highest BCUT2D eigenvalue weighted by atomic mass is 16.1. The van der Waals surface area contributed by atoms with Gasteiger partial charge in [0.25, 0.3) is 0 Å². The minimum absolute atomic E-state index is 0.104. The number of benzene rings is 2. The van der Waals surface area contributed by atoms with Gasteiger partial charge >= 0.3 is 0 Å². The third-order valence-corrected chi connectivity index (χ3v) is 5.18. The van der Waals surface area contributed by atoms with Gasteiger partial charge in [-0.1, -0.05) is 48.5 Å². The van der Waals surface area contributed by atoms with Gasteiger partial charge in [-0.05, 0) is 55.4 Å². The molecule has 4 nitrogen and oxygen atoms in total. The number of carbonyl (C=O) groups excluding carboxylic acids is 1. The molecule has 0 unspecified atom stereocenters. The number of nitrogens with one attached hydrogen (secondary N) is 1. The van der Waals surface area contributed by atoms with Crippen LogP contribution in [-0.2, 0) is 30.6 Å². The average Bonchev–Trinajstić information content (AvgIpc) is 3.31. The Kier molecular flexibility index (Phi) is 5.33. The van der Waals surface area contributed by atoms with E-state index in [0.29, 0.717) is 13.0 Å². The third kappa shape index (κ3) is 4.11. The molecule has 1 N–H and O–H groups in total. The summed E-state index contributed by atoms with van der Waals surface area (Å²) >= 11 is 0. The molecule has 1 aliphatic rings. The van der Waals surface area contributed by atoms with Crippen LogP contribution < -0.4 is 5.32 Å². The van der Waals surface area contributed by atoms with Crippen LogP contribution in [0, 0.1) is 0 Å². The molecule has 1 aliphatic carbocycles. The molecular weight excluding hydrogens is 334 g/mol. The van der Waals surface area contributed by atoms with Crippen LogP contribution in [0.4, 0.5) is 0 Å². The fourth-order valence-corrected chi connectivity index (χ4v) is 3.81. The van der Waals surface area contributed by atoms with E-state index in [0.717, 1.165) is 43.5 Å². The van der Waals surface area contributed by atoms with Crippen molar-refractivity contribution in [3.05, 3.63) is 83.2 Å². The van der Waals surface area contributed by atoms with Gasteiger partial charge in [0.15, 0.2) is 0 Å². The predicted molar refractivity (Wildman–Crippen MR) is 107 cm³/mol. The molecule has 4 heteroatoms. The van der Waals surface area contributed by atoms with Crippen molar-refractivity contribution in [2.24, 2.45) is 0 Å². The molecule has 0 saturated carbocycles. The monoisotopic (exact) mass is 359 g/mol. The molecule has 27 heavy (non-hydrogen) atoms. The molecule has 138 valence electrons. The van der Waals surface area contributed by atoms with E-state index in [4.69, 9.17) is 5.10 Å². The average molecular weight is 359 g/mol. The first-order valence-corrected chi connectivity index (χ1v) is 9.77. The van der Waals surface area contributed by atoms with E-state index in [1.165, 1.54) is 16.8 Å². The van der Waals surface area contributed by atoms with E-state index in [1.807, 2.05) is 36.4 Å². The first-order valence-electron chi connectivity index (χ1n) is 9.77. The number of para-hydroxylation sites is 1. The second-order valence-corrected chi connectivity index (χ2v) is 7.09. The summed E-state index contributed by atoms with van der Waals surface area (Å²) < 4.78 is 2.05. The lowest BCUT2D eigenvalue weighted by Crippen LogP contribution is -2.23. The molecule has 0 radical (unpaired) electrons. The van der Waals surface area contributed by atoms with Gasteiger partial charge in [-0.25, -0.2) is 4.68 Å². The van der Waals surface area contributed by atoms with Crippen LogP contribution in [0.15, 0.2) is 60.7 Å². The highest BCUT2D eigenvalue weighted by Gasteiger charge is 2.23. The van der Waals surface area contributed by atoms with Crippen LogP contribution in [0.5, 0.6) is 0 Å². The van der Waals surface area contributed by atoms with E-state index < -0.39 is 0 Å². The Balaban J connectivity index is 1.35. The van der Waals surface area contributed by atoms with Crippen molar-refractivity contribution in [1.82, 2.24) is 15.1 Å². The Morgan fingerprint density at radius 1 is 1.00 bits per heavy atom. The largest absolute Gasteiger partial charge is 0.350 e. The van der Waals surface area contributed by atoms with Gasteiger partial charge in [0.2, 0.25) is 5.91 Å². The number of fused-ring (bicyclic) bond motifs is 1. The van der Waals surface area contributed by atoms with Gasteiger partial charge in [-0.2, -0.15) is 5.10 Å². The van der Waals surface area contributed by atoms with Crippen LogP contribution in [0.25, 0.3) is 5.69 Å². The summed E-state index contributed by atoms with van der Waals surface area (Å²) in [6.45, 7) is 0.520. The van der Waals surface area contributed by atoms with E-state index >= 15 is 0 Å². The standard InChI is InChI=1S/C23H25N3O/c27-23(16-7-11-18-9-3-1-4-10-18)24-17-21-20-14-8-15-22(20)26(25-21)19-12-5-2-6-13-19/h1-6,9-10,12-13H,7-8,11,14-17H2,(H,24,27). The van der Waals surface area contributed by atoms with Crippen molar-refractivity contribution < 1.29 is 4.79 Å². The van der Waals surface area contributed by atoms with Crippen molar-refractivity contribution in [2.75, 3.05) is 0 Å². The highest BCUT2D eigenvalue weighted by molar-refractivity contribution is 5.75. The fourth-order valence-electron chi connectivity index (χ4n) is 3.81. The summed E-state index contributed by atoms with van der Waals surface area (Å²) in [4.78, 5) is 12.2. The van der Waals surface area contributed by atoms with E-state index in [-0.39, 0.29) is 5.91 Å². The highest BCUT2D eigenvalue weighted by Crippen LogP contribution is 2.27. The minimum atomic E-state index is 0.104. The molecule has 1 heterocycles. The molecule has 0 bridgehead atoms. The fraction of sp³-hybridized carbons (Fsp3) is 0.304. The number of aryl methyl sites for hydroxylation is 1. The summed E-state index contributed by atoms with van der Waals surface area (Å²) in [5.41, 5.74) is 6.02.